The summed E-state index contributed by atoms with van der Waals surface area (Å²) in [6.45, 7) is -1.00. The van der Waals surface area contributed by atoms with E-state index in [1.807, 2.05) is 0 Å². The second-order valence-electron chi connectivity index (χ2n) is 3.99. The lowest BCUT2D eigenvalue weighted by molar-refractivity contribution is -0.174. The van der Waals surface area contributed by atoms with Gasteiger partial charge in [-0.15, -0.1) is 11.6 Å². The first-order valence-electron chi connectivity index (χ1n) is 5.96. The van der Waals surface area contributed by atoms with Gasteiger partial charge in [-0.3, -0.25) is 0 Å². The Morgan fingerprint density at radius 3 is 2.50 bits per heavy atom. The van der Waals surface area contributed by atoms with E-state index in [2.05, 4.69) is 4.74 Å². The largest absolute Gasteiger partial charge is 0.493 e. The van der Waals surface area contributed by atoms with Gasteiger partial charge in [0, 0.05) is 12.3 Å². The zero-order chi connectivity index (χ0) is 15.0. The first-order chi connectivity index (χ1) is 9.46. The van der Waals surface area contributed by atoms with Crippen molar-refractivity contribution < 1.29 is 27.4 Å². The molecule has 0 heterocycles. The number of ether oxygens (including phenoxy) is 3. The summed E-state index contributed by atoms with van der Waals surface area (Å²) in [5.41, 5.74) is 0.893. The molecule has 3 nitrogen and oxygen atoms in total. The minimum atomic E-state index is -4.29. The van der Waals surface area contributed by atoms with Crippen LogP contribution < -0.4 is 9.47 Å². The van der Waals surface area contributed by atoms with Crippen molar-refractivity contribution in [3.8, 4) is 11.5 Å². The van der Waals surface area contributed by atoms with Crippen LogP contribution >= 0.6 is 11.6 Å². The minimum Gasteiger partial charge on any atom is -0.493 e. The summed E-state index contributed by atoms with van der Waals surface area (Å²) < 4.78 is 50.5. The first kappa shape index (κ1) is 16.9. The second-order valence-corrected chi connectivity index (χ2v) is 4.26. The highest BCUT2D eigenvalue weighted by Gasteiger charge is 2.27. The number of rotatable bonds is 8. The molecule has 1 aromatic rings. The average molecular weight is 313 g/mol. The Bertz CT molecular complexity index is 410. The zero-order valence-electron chi connectivity index (χ0n) is 11.0. The Morgan fingerprint density at radius 1 is 1.15 bits per heavy atom. The van der Waals surface area contributed by atoms with Gasteiger partial charge in [0.15, 0.2) is 11.5 Å². The van der Waals surface area contributed by atoms with Crippen LogP contribution in [-0.2, 0) is 10.6 Å². The van der Waals surface area contributed by atoms with Crippen molar-refractivity contribution in [2.45, 2.75) is 18.5 Å². The molecule has 20 heavy (non-hydrogen) atoms. The van der Waals surface area contributed by atoms with Crippen LogP contribution in [0.25, 0.3) is 0 Å². The lowest BCUT2D eigenvalue weighted by Crippen LogP contribution is -2.18. The summed E-state index contributed by atoms with van der Waals surface area (Å²) in [5.74, 6) is 1.43. The molecule has 7 heteroatoms. The molecule has 0 radical (unpaired) electrons. The fourth-order valence-electron chi connectivity index (χ4n) is 1.45. The van der Waals surface area contributed by atoms with Crippen molar-refractivity contribution in [1.29, 1.82) is 0 Å². The summed E-state index contributed by atoms with van der Waals surface area (Å²) >= 11 is 5.70. The lowest BCUT2D eigenvalue weighted by Gasteiger charge is -2.12. The van der Waals surface area contributed by atoms with Gasteiger partial charge >= 0.3 is 6.18 Å². The third-order valence-corrected chi connectivity index (χ3v) is 2.65. The van der Waals surface area contributed by atoms with Gasteiger partial charge in [0.05, 0.1) is 20.3 Å². The van der Waals surface area contributed by atoms with Crippen LogP contribution in [0.4, 0.5) is 13.2 Å². The summed E-state index contributed by atoms with van der Waals surface area (Å²) in [7, 11) is 1.51. The summed E-state index contributed by atoms with van der Waals surface area (Å²) in [5, 5.41) is 0. The average Bonchev–Trinajstić information content (AvgIpc) is 2.41. The molecule has 0 bridgehead atoms. The molecule has 1 aromatic carbocycles. The predicted molar refractivity (Wildman–Crippen MR) is 69.5 cm³/mol. The van der Waals surface area contributed by atoms with Crippen LogP contribution in [0.15, 0.2) is 18.2 Å². The van der Waals surface area contributed by atoms with Gasteiger partial charge < -0.3 is 14.2 Å². The standard InChI is InChI=1S/C13H16ClF3O3/c1-18-12-7-10(8-14)3-4-11(12)20-6-2-5-19-9-13(15,16)17/h3-4,7H,2,5-6,8-9H2,1H3. The van der Waals surface area contributed by atoms with Crippen molar-refractivity contribution in [2.75, 3.05) is 26.9 Å². The van der Waals surface area contributed by atoms with Gasteiger partial charge in [-0.1, -0.05) is 6.07 Å². The SMILES string of the molecule is COc1cc(CCl)ccc1OCCCOCC(F)(F)F. The quantitative estimate of drug-likeness (QED) is 0.540. The Kier molecular flexibility index (Phi) is 6.95. The molecule has 0 aliphatic carbocycles. The normalized spacial score (nSPS) is 11.4. The molecule has 0 amide bonds. The predicted octanol–water partition coefficient (Wildman–Crippen LogP) is 3.78. The van der Waals surface area contributed by atoms with Crippen LogP contribution in [0.2, 0.25) is 0 Å². The van der Waals surface area contributed by atoms with Gasteiger partial charge in [0.25, 0.3) is 0 Å². The van der Waals surface area contributed by atoms with Gasteiger partial charge in [0.1, 0.15) is 6.61 Å². The van der Waals surface area contributed by atoms with Crippen LogP contribution in [-0.4, -0.2) is 33.1 Å². The molecule has 0 aromatic heterocycles. The summed E-state index contributed by atoms with van der Waals surface area (Å²) in [6.07, 6.45) is -3.93. The van der Waals surface area contributed by atoms with E-state index >= 15 is 0 Å². The van der Waals surface area contributed by atoms with Gasteiger partial charge in [-0.2, -0.15) is 13.2 Å². The molecular weight excluding hydrogens is 297 g/mol. The maximum atomic E-state index is 11.8. The summed E-state index contributed by atoms with van der Waals surface area (Å²) in [6, 6.07) is 5.26. The molecule has 0 fully saturated rings. The van der Waals surface area contributed by atoms with Crippen molar-refractivity contribution >= 4 is 11.6 Å². The highest BCUT2D eigenvalue weighted by Crippen LogP contribution is 2.28. The van der Waals surface area contributed by atoms with Gasteiger partial charge in [-0.05, 0) is 17.7 Å². The third kappa shape index (κ3) is 6.34. The Labute approximate surface area is 120 Å². The van der Waals surface area contributed by atoms with E-state index in [1.54, 1.807) is 18.2 Å². The molecule has 0 atom stereocenters. The topological polar surface area (TPSA) is 27.7 Å². The van der Waals surface area contributed by atoms with Crippen LogP contribution in [0.3, 0.4) is 0 Å². The zero-order valence-corrected chi connectivity index (χ0v) is 11.8. The summed E-state index contributed by atoms with van der Waals surface area (Å²) in [4.78, 5) is 0. The Morgan fingerprint density at radius 2 is 1.90 bits per heavy atom. The molecule has 0 aliphatic rings. The van der Waals surface area contributed by atoms with E-state index in [-0.39, 0.29) is 13.2 Å². The highest BCUT2D eigenvalue weighted by atomic mass is 35.5. The number of alkyl halides is 4. The smallest absolute Gasteiger partial charge is 0.411 e. The molecule has 0 saturated heterocycles. The first-order valence-corrected chi connectivity index (χ1v) is 6.50. The van der Waals surface area contributed by atoms with E-state index in [1.165, 1.54) is 7.11 Å². The molecular formula is C13H16ClF3O3. The minimum absolute atomic E-state index is 0.0123. The van der Waals surface area contributed by atoms with Crippen molar-refractivity contribution in [1.82, 2.24) is 0 Å². The maximum Gasteiger partial charge on any atom is 0.411 e. The monoisotopic (exact) mass is 312 g/mol. The van der Waals surface area contributed by atoms with Crippen molar-refractivity contribution in [3.63, 3.8) is 0 Å². The highest BCUT2D eigenvalue weighted by molar-refractivity contribution is 6.17. The molecule has 1 rings (SSSR count). The van der Waals surface area contributed by atoms with Crippen molar-refractivity contribution in [2.24, 2.45) is 0 Å². The number of hydrogen-bond donors (Lipinski definition) is 0. The van der Waals surface area contributed by atoms with Crippen LogP contribution in [0.1, 0.15) is 12.0 Å². The fraction of sp³-hybridized carbons (Fsp3) is 0.538. The second kappa shape index (κ2) is 8.21. The van der Waals surface area contributed by atoms with E-state index in [0.29, 0.717) is 23.8 Å². The van der Waals surface area contributed by atoms with Gasteiger partial charge in [0.2, 0.25) is 0 Å². The Balaban J connectivity index is 2.31. The molecule has 0 spiro atoms. The van der Waals surface area contributed by atoms with E-state index in [9.17, 15) is 13.2 Å². The molecule has 0 unspecified atom stereocenters. The van der Waals surface area contributed by atoms with E-state index in [0.717, 1.165) is 5.56 Å². The molecule has 0 aliphatic heterocycles. The van der Waals surface area contributed by atoms with Crippen LogP contribution in [0, 0.1) is 0 Å². The number of hydrogen-bond acceptors (Lipinski definition) is 3. The van der Waals surface area contributed by atoms with E-state index < -0.39 is 12.8 Å². The maximum absolute atomic E-state index is 11.8. The third-order valence-electron chi connectivity index (χ3n) is 2.34. The van der Waals surface area contributed by atoms with Crippen LogP contribution in [0.5, 0.6) is 11.5 Å². The van der Waals surface area contributed by atoms with Gasteiger partial charge in [-0.25, -0.2) is 0 Å². The van der Waals surface area contributed by atoms with Crippen molar-refractivity contribution in [3.05, 3.63) is 23.8 Å². The number of methoxy groups -OCH3 is 1. The fourth-order valence-corrected chi connectivity index (χ4v) is 1.61. The Hall–Kier alpha value is -1.14. The molecule has 0 saturated carbocycles. The lowest BCUT2D eigenvalue weighted by atomic mass is 10.2. The number of halogens is 4. The molecule has 0 N–H and O–H groups in total. The van der Waals surface area contributed by atoms with E-state index in [4.69, 9.17) is 21.1 Å². The number of benzene rings is 1. The molecule has 114 valence electrons.